The molecule has 0 saturated heterocycles. The van der Waals surface area contributed by atoms with Gasteiger partial charge in [-0.25, -0.2) is 9.98 Å². The Kier molecular flexibility index (Phi) is 8.75. The van der Waals surface area contributed by atoms with Crippen LogP contribution in [0.1, 0.15) is 42.9 Å². The second kappa shape index (κ2) is 10.8. The molecule has 148 valence electrons. The molecule has 7 nitrogen and oxygen atoms in total. The number of halogens is 2. The highest BCUT2D eigenvalue weighted by atomic mass is 127. The summed E-state index contributed by atoms with van der Waals surface area (Å²) in [6, 6.07) is 4.32. The SMILES string of the molecule is Cc1nnc(CN=C(NCCc2ccc(Cl)nc2)NC2CCCC2)n1C.I. The van der Waals surface area contributed by atoms with Gasteiger partial charge in [0.05, 0.1) is 0 Å². The molecule has 0 bridgehead atoms. The molecule has 0 aliphatic heterocycles. The maximum atomic E-state index is 5.84. The van der Waals surface area contributed by atoms with E-state index in [4.69, 9.17) is 16.6 Å². The van der Waals surface area contributed by atoms with Crippen LogP contribution in [0.15, 0.2) is 23.3 Å². The minimum absolute atomic E-state index is 0. The van der Waals surface area contributed by atoms with Crippen LogP contribution in [-0.2, 0) is 20.0 Å². The molecule has 2 heterocycles. The number of hydrogen-bond acceptors (Lipinski definition) is 4. The number of guanidine groups is 1. The summed E-state index contributed by atoms with van der Waals surface area (Å²) in [7, 11) is 1.96. The summed E-state index contributed by atoms with van der Waals surface area (Å²) in [5, 5.41) is 15.8. The van der Waals surface area contributed by atoms with Crippen LogP contribution in [0.5, 0.6) is 0 Å². The zero-order valence-corrected chi connectivity index (χ0v) is 18.9. The van der Waals surface area contributed by atoms with Crippen LogP contribution < -0.4 is 10.6 Å². The smallest absolute Gasteiger partial charge is 0.191 e. The second-order valence-corrected chi connectivity index (χ2v) is 7.07. The van der Waals surface area contributed by atoms with E-state index >= 15 is 0 Å². The van der Waals surface area contributed by atoms with Crippen molar-refractivity contribution in [2.75, 3.05) is 6.54 Å². The number of aryl methyl sites for hydroxylation is 1. The van der Waals surface area contributed by atoms with Gasteiger partial charge in [0.15, 0.2) is 11.8 Å². The van der Waals surface area contributed by atoms with Crippen LogP contribution in [0.25, 0.3) is 0 Å². The van der Waals surface area contributed by atoms with Crippen molar-refractivity contribution >= 4 is 41.5 Å². The molecule has 0 amide bonds. The maximum absolute atomic E-state index is 5.84. The third-order valence-electron chi connectivity index (χ3n) is 4.75. The van der Waals surface area contributed by atoms with Gasteiger partial charge in [-0.3, -0.25) is 0 Å². The molecule has 1 saturated carbocycles. The van der Waals surface area contributed by atoms with Gasteiger partial charge in [0.1, 0.15) is 17.5 Å². The molecule has 1 aliphatic rings. The first kappa shape index (κ1) is 21.9. The quantitative estimate of drug-likeness (QED) is 0.274. The first-order chi connectivity index (χ1) is 12.6. The number of rotatable bonds is 6. The van der Waals surface area contributed by atoms with E-state index in [0.29, 0.717) is 17.7 Å². The zero-order valence-electron chi connectivity index (χ0n) is 15.8. The predicted octanol–water partition coefficient (Wildman–Crippen LogP) is 3.01. The topological polar surface area (TPSA) is 80.0 Å². The lowest BCUT2D eigenvalue weighted by molar-refractivity contribution is 0.610. The first-order valence-corrected chi connectivity index (χ1v) is 9.50. The Morgan fingerprint density at radius 1 is 1.30 bits per heavy atom. The molecular formula is C18H27ClIN7. The van der Waals surface area contributed by atoms with E-state index in [2.05, 4.69) is 25.8 Å². The minimum Gasteiger partial charge on any atom is -0.356 e. The standard InChI is InChI=1S/C18H26ClN7.HI/c1-13-24-25-17(26(13)2)12-22-18(23-15-5-3-4-6-15)20-10-9-14-7-8-16(19)21-11-14;/h7-8,11,15H,3-6,9-10,12H2,1-2H3,(H2,20,22,23);1H. The summed E-state index contributed by atoms with van der Waals surface area (Å²) in [6.45, 7) is 3.22. The highest BCUT2D eigenvalue weighted by Crippen LogP contribution is 2.17. The molecule has 9 heteroatoms. The molecule has 1 fully saturated rings. The fourth-order valence-electron chi connectivity index (χ4n) is 3.03. The normalized spacial score (nSPS) is 14.9. The maximum Gasteiger partial charge on any atom is 0.191 e. The lowest BCUT2D eigenvalue weighted by Gasteiger charge is -2.17. The van der Waals surface area contributed by atoms with Crippen molar-refractivity contribution in [3.63, 3.8) is 0 Å². The van der Waals surface area contributed by atoms with Gasteiger partial charge in [0.25, 0.3) is 0 Å². The van der Waals surface area contributed by atoms with E-state index < -0.39 is 0 Å². The summed E-state index contributed by atoms with van der Waals surface area (Å²) < 4.78 is 1.97. The number of aliphatic imine (C=N–C) groups is 1. The van der Waals surface area contributed by atoms with Crippen LogP contribution in [0.3, 0.4) is 0 Å². The molecule has 3 rings (SSSR count). The molecule has 2 aromatic heterocycles. The lowest BCUT2D eigenvalue weighted by Crippen LogP contribution is -2.43. The van der Waals surface area contributed by atoms with Crippen molar-refractivity contribution in [2.24, 2.45) is 12.0 Å². The molecule has 0 aromatic carbocycles. The second-order valence-electron chi connectivity index (χ2n) is 6.68. The molecule has 0 unspecified atom stereocenters. The van der Waals surface area contributed by atoms with Crippen molar-refractivity contribution in [1.82, 2.24) is 30.4 Å². The van der Waals surface area contributed by atoms with Crippen molar-refractivity contribution in [2.45, 2.75) is 51.6 Å². The Labute approximate surface area is 182 Å². The van der Waals surface area contributed by atoms with Crippen molar-refractivity contribution < 1.29 is 0 Å². The van der Waals surface area contributed by atoms with Gasteiger partial charge in [-0.1, -0.05) is 30.5 Å². The summed E-state index contributed by atoms with van der Waals surface area (Å²) in [4.78, 5) is 8.83. The fraction of sp³-hybridized carbons (Fsp3) is 0.556. The summed E-state index contributed by atoms with van der Waals surface area (Å²) in [5.74, 6) is 2.58. The fourth-order valence-corrected chi connectivity index (χ4v) is 3.15. The molecule has 0 radical (unpaired) electrons. The first-order valence-electron chi connectivity index (χ1n) is 9.12. The average Bonchev–Trinajstić information content (AvgIpc) is 3.25. The molecule has 1 aliphatic carbocycles. The Hall–Kier alpha value is -1.42. The van der Waals surface area contributed by atoms with Gasteiger partial charge in [0.2, 0.25) is 0 Å². The van der Waals surface area contributed by atoms with Crippen LogP contribution in [0.4, 0.5) is 0 Å². The third-order valence-corrected chi connectivity index (χ3v) is 4.98. The number of nitrogens with one attached hydrogen (secondary N) is 2. The Morgan fingerprint density at radius 2 is 2.07 bits per heavy atom. The van der Waals surface area contributed by atoms with Crippen LogP contribution in [-0.4, -0.2) is 38.3 Å². The number of hydrogen-bond donors (Lipinski definition) is 2. The molecule has 0 spiro atoms. The monoisotopic (exact) mass is 503 g/mol. The third kappa shape index (κ3) is 6.60. The van der Waals surface area contributed by atoms with E-state index in [-0.39, 0.29) is 24.0 Å². The Balaban J connectivity index is 0.00000261. The Morgan fingerprint density at radius 3 is 2.70 bits per heavy atom. The molecule has 0 atom stereocenters. The van der Waals surface area contributed by atoms with Gasteiger partial charge in [0, 0.05) is 25.8 Å². The van der Waals surface area contributed by atoms with Gasteiger partial charge < -0.3 is 15.2 Å². The predicted molar refractivity (Wildman–Crippen MR) is 119 cm³/mol. The zero-order chi connectivity index (χ0) is 18.4. The van der Waals surface area contributed by atoms with Crippen LogP contribution >= 0.6 is 35.6 Å². The van der Waals surface area contributed by atoms with E-state index in [9.17, 15) is 0 Å². The van der Waals surface area contributed by atoms with Gasteiger partial charge in [-0.05, 0) is 37.8 Å². The molecular weight excluding hydrogens is 477 g/mol. The number of nitrogens with zero attached hydrogens (tertiary/aromatic N) is 5. The Bertz CT molecular complexity index is 739. The summed E-state index contributed by atoms with van der Waals surface area (Å²) >= 11 is 5.84. The molecule has 2 aromatic rings. The highest BCUT2D eigenvalue weighted by Gasteiger charge is 2.16. The van der Waals surface area contributed by atoms with Crippen molar-refractivity contribution in [3.8, 4) is 0 Å². The van der Waals surface area contributed by atoms with Gasteiger partial charge >= 0.3 is 0 Å². The van der Waals surface area contributed by atoms with Crippen LogP contribution in [0, 0.1) is 6.92 Å². The van der Waals surface area contributed by atoms with E-state index in [1.54, 1.807) is 0 Å². The van der Waals surface area contributed by atoms with Gasteiger partial charge in [-0.2, -0.15) is 0 Å². The lowest BCUT2D eigenvalue weighted by atomic mass is 10.2. The van der Waals surface area contributed by atoms with Crippen LogP contribution in [0.2, 0.25) is 5.15 Å². The summed E-state index contributed by atoms with van der Waals surface area (Å²) in [5.41, 5.74) is 1.14. The number of pyridine rings is 1. The van der Waals surface area contributed by atoms with E-state index in [1.807, 2.05) is 36.9 Å². The molecule has 2 N–H and O–H groups in total. The summed E-state index contributed by atoms with van der Waals surface area (Å²) in [6.07, 6.45) is 7.63. The highest BCUT2D eigenvalue weighted by molar-refractivity contribution is 14.0. The van der Waals surface area contributed by atoms with Crippen molar-refractivity contribution in [1.29, 1.82) is 0 Å². The largest absolute Gasteiger partial charge is 0.356 e. The average molecular weight is 504 g/mol. The van der Waals surface area contributed by atoms with E-state index in [1.165, 1.54) is 25.7 Å². The number of aromatic nitrogens is 4. The van der Waals surface area contributed by atoms with Crippen molar-refractivity contribution in [3.05, 3.63) is 40.7 Å². The molecule has 27 heavy (non-hydrogen) atoms. The van der Waals surface area contributed by atoms with E-state index in [0.717, 1.165) is 36.1 Å². The minimum atomic E-state index is 0. The van der Waals surface area contributed by atoms with Gasteiger partial charge in [-0.15, -0.1) is 34.2 Å².